The largest absolute Gasteiger partial charge is 0.496 e. The number of halogens is 1. The monoisotopic (exact) mass is 291 g/mol. The first kappa shape index (κ1) is 15.0. The van der Waals surface area contributed by atoms with Crippen molar-refractivity contribution in [2.24, 2.45) is 0 Å². The van der Waals surface area contributed by atoms with E-state index in [1.165, 1.54) is 19.2 Å². The molecule has 1 aromatic carbocycles. The van der Waals surface area contributed by atoms with E-state index in [2.05, 4.69) is 10.3 Å². The maximum absolute atomic E-state index is 13.9. The van der Waals surface area contributed by atoms with Gasteiger partial charge in [-0.2, -0.15) is 0 Å². The number of rotatable bonds is 6. The number of methoxy groups -OCH3 is 1. The average Bonchev–Trinajstić information content (AvgIpc) is 2.98. The molecule has 2 aromatic rings. The van der Waals surface area contributed by atoms with E-state index in [1.807, 2.05) is 17.7 Å². The van der Waals surface area contributed by atoms with Gasteiger partial charge in [0.25, 0.3) is 5.91 Å². The minimum Gasteiger partial charge on any atom is -0.496 e. The van der Waals surface area contributed by atoms with E-state index in [9.17, 15) is 9.18 Å². The van der Waals surface area contributed by atoms with Crippen molar-refractivity contribution >= 4 is 5.91 Å². The predicted octanol–water partition coefficient (Wildman–Crippen LogP) is 2.24. The van der Waals surface area contributed by atoms with Crippen molar-refractivity contribution in [2.75, 3.05) is 7.11 Å². The lowest BCUT2D eigenvalue weighted by molar-refractivity contribution is 0.0924. The number of hydrogen-bond acceptors (Lipinski definition) is 3. The van der Waals surface area contributed by atoms with E-state index >= 15 is 0 Å². The molecular weight excluding hydrogens is 273 g/mol. The van der Waals surface area contributed by atoms with Crippen molar-refractivity contribution < 1.29 is 13.9 Å². The zero-order valence-electron chi connectivity index (χ0n) is 12.0. The third-order valence-electron chi connectivity index (χ3n) is 3.24. The molecule has 0 saturated heterocycles. The van der Waals surface area contributed by atoms with Crippen LogP contribution < -0.4 is 10.1 Å². The molecular formula is C15H18FN3O2. The summed E-state index contributed by atoms with van der Waals surface area (Å²) < 4.78 is 20.8. The van der Waals surface area contributed by atoms with Crippen LogP contribution in [0.4, 0.5) is 4.39 Å². The molecule has 0 radical (unpaired) electrons. The molecule has 21 heavy (non-hydrogen) atoms. The molecule has 0 bridgehead atoms. The second-order valence-corrected chi connectivity index (χ2v) is 4.66. The highest BCUT2D eigenvalue weighted by Gasteiger charge is 2.20. The summed E-state index contributed by atoms with van der Waals surface area (Å²) in [6, 6.07) is 4.20. The molecule has 1 N–H and O–H groups in total. The summed E-state index contributed by atoms with van der Waals surface area (Å²) in [7, 11) is 1.41. The molecule has 0 aliphatic heterocycles. The van der Waals surface area contributed by atoms with Crippen LogP contribution in [0.2, 0.25) is 0 Å². The lowest BCUT2D eigenvalue weighted by Crippen LogP contribution is -2.37. The van der Waals surface area contributed by atoms with E-state index in [1.54, 1.807) is 18.6 Å². The Kier molecular flexibility index (Phi) is 4.92. The van der Waals surface area contributed by atoms with E-state index in [-0.39, 0.29) is 17.4 Å². The molecule has 0 saturated carbocycles. The number of benzene rings is 1. The van der Waals surface area contributed by atoms with E-state index in [4.69, 9.17) is 4.74 Å². The molecule has 112 valence electrons. The summed E-state index contributed by atoms with van der Waals surface area (Å²) in [5, 5.41) is 2.83. The average molecular weight is 291 g/mol. The molecule has 1 aromatic heterocycles. The van der Waals surface area contributed by atoms with E-state index < -0.39 is 11.7 Å². The zero-order chi connectivity index (χ0) is 15.2. The number of aromatic nitrogens is 2. The van der Waals surface area contributed by atoms with Gasteiger partial charge in [0.2, 0.25) is 0 Å². The second kappa shape index (κ2) is 6.88. The molecule has 1 amide bonds. The fraction of sp³-hybridized carbons (Fsp3) is 0.333. The number of hydrogen-bond donors (Lipinski definition) is 1. The smallest absolute Gasteiger partial charge is 0.258 e. The summed E-state index contributed by atoms with van der Waals surface area (Å²) in [5.41, 5.74) is -0.0657. The van der Waals surface area contributed by atoms with Crippen LogP contribution in [0, 0.1) is 5.82 Å². The van der Waals surface area contributed by atoms with Gasteiger partial charge in [-0.1, -0.05) is 13.0 Å². The minimum atomic E-state index is -0.593. The molecule has 0 unspecified atom stereocenters. The summed E-state index contributed by atoms with van der Waals surface area (Å²) in [6.07, 6.45) is 5.89. The van der Waals surface area contributed by atoms with Gasteiger partial charge in [-0.3, -0.25) is 4.79 Å². The van der Waals surface area contributed by atoms with Gasteiger partial charge in [0.05, 0.1) is 13.4 Å². The predicted molar refractivity (Wildman–Crippen MR) is 76.7 cm³/mol. The number of nitrogens with one attached hydrogen (secondary N) is 1. The highest BCUT2D eigenvalue weighted by atomic mass is 19.1. The molecule has 0 spiro atoms. The zero-order valence-corrected chi connectivity index (χ0v) is 12.0. The third-order valence-corrected chi connectivity index (χ3v) is 3.24. The molecule has 0 aliphatic rings. The summed E-state index contributed by atoms with van der Waals surface area (Å²) in [5.74, 6) is -0.841. The molecule has 0 aliphatic carbocycles. The fourth-order valence-electron chi connectivity index (χ4n) is 2.08. The molecule has 6 heteroatoms. The number of carbonyl (C=O) groups is 1. The van der Waals surface area contributed by atoms with Crippen LogP contribution in [0.3, 0.4) is 0 Å². The van der Waals surface area contributed by atoms with Crippen LogP contribution >= 0.6 is 0 Å². The molecule has 2 rings (SSSR count). The standard InChI is InChI=1S/C15H18FN3O2/c1-3-11(9-19-8-7-17-10-19)18-15(20)14-12(16)5-4-6-13(14)21-2/h4-8,10-11H,3,9H2,1-2H3,(H,18,20)/t11-/m0/s1. The van der Waals surface area contributed by atoms with Gasteiger partial charge < -0.3 is 14.6 Å². The van der Waals surface area contributed by atoms with Crippen molar-refractivity contribution in [1.29, 1.82) is 0 Å². The Morgan fingerprint density at radius 1 is 1.52 bits per heavy atom. The third kappa shape index (κ3) is 3.59. The van der Waals surface area contributed by atoms with Crippen molar-refractivity contribution in [3.63, 3.8) is 0 Å². The maximum atomic E-state index is 13.9. The van der Waals surface area contributed by atoms with Crippen LogP contribution in [-0.4, -0.2) is 28.6 Å². The van der Waals surface area contributed by atoms with Crippen molar-refractivity contribution in [3.05, 3.63) is 48.3 Å². The van der Waals surface area contributed by atoms with Gasteiger partial charge in [0.15, 0.2) is 0 Å². The van der Waals surface area contributed by atoms with E-state index in [0.717, 1.165) is 6.42 Å². The van der Waals surface area contributed by atoms with Gasteiger partial charge in [0.1, 0.15) is 17.1 Å². The van der Waals surface area contributed by atoms with Gasteiger partial charge in [-0.05, 0) is 18.6 Å². The normalized spacial score (nSPS) is 12.0. The Bertz CT molecular complexity index is 599. The topological polar surface area (TPSA) is 56.2 Å². The number of imidazole rings is 1. The van der Waals surface area contributed by atoms with Crippen molar-refractivity contribution in [2.45, 2.75) is 25.9 Å². The van der Waals surface area contributed by atoms with Crippen LogP contribution in [0.5, 0.6) is 5.75 Å². The van der Waals surface area contributed by atoms with Crippen molar-refractivity contribution in [1.82, 2.24) is 14.9 Å². The molecule has 1 heterocycles. The Balaban J connectivity index is 2.13. The Morgan fingerprint density at radius 3 is 2.95 bits per heavy atom. The van der Waals surface area contributed by atoms with Gasteiger partial charge >= 0.3 is 0 Å². The highest BCUT2D eigenvalue weighted by Crippen LogP contribution is 2.21. The number of nitrogens with zero attached hydrogens (tertiary/aromatic N) is 2. The molecule has 5 nitrogen and oxygen atoms in total. The number of ether oxygens (including phenoxy) is 1. The SMILES string of the molecule is CC[C@@H](Cn1ccnc1)NC(=O)c1c(F)cccc1OC. The van der Waals surface area contributed by atoms with Crippen LogP contribution in [0.25, 0.3) is 0 Å². The van der Waals surface area contributed by atoms with Crippen LogP contribution in [0.1, 0.15) is 23.7 Å². The quantitative estimate of drug-likeness (QED) is 0.888. The maximum Gasteiger partial charge on any atom is 0.258 e. The summed E-state index contributed by atoms with van der Waals surface area (Å²) >= 11 is 0. The number of amides is 1. The Hall–Kier alpha value is -2.37. The fourth-order valence-corrected chi connectivity index (χ4v) is 2.08. The van der Waals surface area contributed by atoms with Crippen molar-refractivity contribution in [3.8, 4) is 5.75 Å². The first-order chi connectivity index (χ1) is 10.2. The minimum absolute atomic E-state index is 0.0657. The second-order valence-electron chi connectivity index (χ2n) is 4.66. The molecule has 1 atom stereocenters. The summed E-state index contributed by atoms with van der Waals surface area (Å²) in [6.45, 7) is 2.54. The Labute approximate surface area is 122 Å². The van der Waals surface area contributed by atoms with Gasteiger partial charge in [-0.25, -0.2) is 9.37 Å². The lowest BCUT2D eigenvalue weighted by atomic mass is 10.1. The highest BCUT2D eigenvalue weighted by molar-refractivity contribution is 5.97. The first-order valence-corrected chi connectivity index (χ1v) is 6.74. The van der Waals surface area contributed by atoms with Gasteiger partial charge in [-0.15, -0.1) is 0 Å². The van der Waals surface area contributed by atoms with Gasteiger partial charge in [0, 0.05) is 25.0 Å². The van der Waals surface area contributed by atoms with E-state index in [0.29, 0.717) is 6.54 Å². The Morgan fingerprint density at radius 2 is 2.33 bits per heavy atom. The van der Waals surface area contributed by atoms with Crippen LogP contribution in [-0.2, 0) is 6.54 Å². The number of carbonyl (C=O) groups excluding carboxylic acids is 1. The molecule has 0 fully saturated rings. The lowest BCUT2D eigenvalue weighted by Gasteiger charge is -2.18. The van der Waals surface area contributed by atoms with Crippen LogP contribution in [0.15, 0.2) is 36.9 Å². The first-order valence-electron chi connectivity index (χ1n) is 6.74. The summed E-state index contributed by atoms with van der Waals surface area (Å²) in [4.78, 5) is 16.2.